The van der Waals surface area contributed by atoms with Crippen LogP contribution in [0.25, 0.3) is 0 Å². The number of aliphatic carboxylic acids is 1. The first-order chi connectivity index (χ1) is 7.49. The lowest BCUT2D eigenvalue weighted by atomic mass is 10.1. The number of morpholine rings is 1. The van der Waals surface area contributed by atoms with E-state index in [0.717, 1.165) is 0 Å². The largest absolute Gasteiger partial charge is 0.479 e. The molecule has 16 heavy (non-hydrogen) atoms. The van der Waals surface area contributed by atoms with Gasteiger partial charge in [-0.05, 0) is 6.92 Å². The Balaban J connectivity index is 2.59. The van der Waals surface area contributed by atoms with Crippen LogP contribution in [0, 0.1) is 0 Å². The molecule has 1 rings (SSSR count). The summed E-state index contributed by atoms with van der Waals surface area (Å²) in [4.78, 5) is 23.7. The highest BCUT2D eigenvalue weighted by atomic mass is 16.6. The normalized spacial score (nSPS) is 24.9. The minimum atomic E-state index is -1.36. The molecule has 1 saturated heterocycles. The number of carbonyl (C=O) groups excluding carboxylic acids is 1. The van der Waals surface area contributed by atoms with Crippen molar-refractivity contribution in [1.82, 2.24) is 4.90 Å². The molecule has 90 valence electrons. The molecule has 6 heteroatoms. The third kappa shape index (κ3) is 2.73. The van der Waals surface area contributed by atoms with Crippen LogP contribution in [0.15, 0.2) is 12.7 Å². The van der Waals surface area contributed by atoms with Gasteiger partial charge < -0.3 is 19.5 Å². The summed E-state index contributed by atoms with van der Waals surface area (Å²) in [5, 5.41) is 8.95. The van der Waals surface area contributed by atoms with E-state index in [1.54, 1.807) is 0 Å². The lowest BCUT2D eigenvalue weighted by Crippen LogP contribution is -2.56. The fraction of sp³-hybridized carbons (Fsp3) is 0.600. The molecule has 1 aliphatic heterocycles. The number of hydrogen-bond acceptors (Lipinski definition) is 4. The number of carboxylic acids is 1. The van der Waals surface area contributed by atoms with Crippen molar-refractivity contribution in [2.24, 2.45) is 0 Å². The maximum absolute atomic E-state index is 11.5. The Labute approximate surface area is 93.4 Å². The van der Waals surface area contributed by atoms with E-state index in [1.165, 1.54) is 17.9 Å². The molecule has 0 aromatic carbocycles. The van der Waals surface area contributed by atoms with Crippen LogP contribution < -0.4 is 0 Å². The number of hydrogen-bond donors (Lipinski definition) is 1. The van der Waals surface area contributed by atoms with E-state index < -0.39 is 17.7 Å². The van der Waals surface area contributed by atoms with E-state index in [-0.39, 0.29) is 19.8 Å². The summed E-state index contributed by atoms with van der Waals surface area (Å²) in [6.07, 6.45) is 0.907. The number of amides is 1. The zero-order chi connectivity index (χ0) is 12.2. The summed E-state index contributed by atoms with van der Waals surface area (Å²) >= 11 is 0. The first-order valence-corrected chi connectivity index (χ1v) is 4.89. The molecule has 1 heterocycles. The summed E-state index contributed by atoms with van der Waals surface area (Å²) in [5.41, 5.74) is -1.36. The van der Waals surface area contributed by atoms with Crippen LogP contribution in [0.4, 0.5) is 4.79 Å². The second-order valence-corrected chi connectivity index (χ2v) is 3.67. The van der Waals surface area contributed by atoms with Crippen LogP contribution in [-0.4, -0.2) is 54.0 Å². The summed E-state index contributed by atoms with van der Waals surface area (Å²) in [7, 11) is 0. The molecule has 0 spiro atoms. The Bertz CT molecular complexity index is 304. The van der Waals surface area contributed by atoms with Crippen molar-refractivity contribution in [3.63, 3.8) is 0 Å². The number of carboxylic acid groups (broad SMARTS) is 1. The van der Waals surface area contributed by atoms with Gasteiger partial charge in [0.05, 0.1) is 13.2 Å². The van der Waals surface area contributed by atoms with Crippen molar-refractivity contribution in [3.05, 3.63) is 12.7 Å². The molecule has 1 fully saturated rings. The Morgan fingerprint density at radius 2 is 2.38 bits per heavy atom. The van der Waals surface area contributed by atoms with Gasteiger partial charge in [-0.3, -0.25) is 0 Å². The van der Waals surface area contributed by atoms with E-state index in [2.05, 4.69) is 6.58 Å². The monoisotopic (exact) mass is 229 g/mol. The highest BCUT2D eigenvalue weighted by Gasteiger charge is 2.41. The zero-order valence-corrected chi connectivity index (χ0v) is 9.14. The van der Waals surface area contributed by atoms with Gasteiger partial charge in [-0.1, -0.05) is 12.7 Å². The van der Waals surface area contributed by atoms with Crippen LogP contribution in [-0.2, 0) is 14.3 Å². The quantitative estimate of drug-likeness (QED) is 0.712. The van der Waals surface area contributed by atoms with Crippen LogP contribution in [0.1, 0.15) is 6.92 Å². The second-order valence-electron chi connectivity index (χ2n) is 3.67. The van der Waals surface area contributed by atoms with Crippen molar-refractivity contribution in [2.45, 2.75) is 12.5 Å². The van der Waals surface area contributed by atoms with E-state index in [0.29, 0.717) is 6.54 Å². The minimum Gasteiger partial charge on any atom is -0.479 e. The molecular weight excluding hydrogens is 214 g/mol. The van der Waals surface area contributed by atoms with Gasteiger partial charge >= 0.3 is 12.1 Å². The van der Waals surface area contributed by atoms with Crippen LogP contribution in [0.5, 0.6) is 0 Å². The van der Waals surface area contributed by atoms with Crippen molar-refractivity contribution < 1.29 is 24.2 Å². The molecule has 1 unspecified atom stereocenters. The predicted molar refractivity (Wildman–Crippen MR) is 55.1 cm³/mol. The fourth-order valence-electron chi connectivity index (χ4n) is 1.38. The molecule has 0 aromatic heterocycles. The van der Waals surface area contributed by atoms with Crippen LogP contribution >= 0.6 is 0 Å². The van der Waals surface area contributed by atoms with Gasteiger partial charge in [-0.2, -0.15) is 0 Å². The summed E-state index contributed by atoms with van der Waals surface area (Å²) in [6, 6.07) is 0. The second kappa shape index (κ2) is 4.98. The number of ether oxygens (including phenoxy) is 2. The number of nitrogens with zero attached hydrogens (tertiary/aromatic N) is 1. The Morgan fingerprint density at radius 3 is 2.94 bits per heavy atom. The van der Waals surface area contributed by atoms with Gasteiger partial charge in [0.15, 0.2) is 5.60 Å². The summed E-state index contributed by atoms with van der Waals surface area (Å²) < 4.78 is 9.97. The Hall–Kier alpha value is -1.56. The standard InChI is InChI=1S/C10H15NO5/c1-3-5-15-9(14)11-4-6-16-10(2,7-11)8(12)13/h3H,1,4-7H2,2H3,(H,12,13). The third-order valence-corrected chi connectivity index (χ3v) is 2.31. The highest BCUT2D eigenvalue weighted by Crippen LogP contribution is 2.18. The zero-order valence-electron chi connectivity index (χ0n) is 9.14. The number of carbonyl (C=O) groups is 2. The average molecular weight is 229 g/mol. The van der Waals surface area contributed by atoms with Gasteiger partial charge in [0, 0.05) is 6.54 Å². The molecule has 1 aliphatic rings. The van der Waals surface area contributed by atoms with Gasteiger partial charge in [-0.25, -0.2) is 9.59 Å². The average Bonchev–Trinajstić information content (AvgIpc) is 2.25. The summed E-state index contributed by atoms with van der Waals surface area (Å²) in [6.45, 7) is 5.47. The Morgan fingerprint density at radius 1 is 1.69 bits per heavy atom. The van der Waals surface area contributed by atoms with Gasteiger partial charge in [0.2, 0.25) is 0 Å². The SMILES string of the molecule is C=CCOC(=O)N1CCOC(C)(C(=O)O)C1. The van der Waals surface area contributed by atoms with Gasteiger partial charge in [0.1, 0.15) is 6.61 Å². The van der Waals surface area contributed by atoms with E-state index in [1.807, 2.05) is 0 Å². The molecule has 1 amide bonds. The maximum Gasteiger partial charge on any atom is 0.410 e. The molecule has 0 aliphatic carbocycles. The Kier molecular flexibility index (Phi) is 3.89. The molecule has 6 nitrogen and oxygen atoms in total. The highest BCUT2D eigenvalue weighted by molar-refractivity contribution is 5.79. The smallest absolute Gasteiger partial charge is 0.410 e. The van der Waals surface area contributed by atoms with E-state index in [4.69, 9.17) is 14.6 Å². The van der Waals surface area contributed by atoms with Crippen molar-refractivity contribution in [2.75, 3.05) is 26.3 Å². The first kappa shape index (κ1) is 12.5. The molecular formula is C10H15NO5. The van der Waals surface area contributed by atoms with Gasteiger partial charge in [0.25, 0.3) is 0 Å². The fourth-order valence-corrected chi connectivity index (χ4v) is 1.38. The third-order valence-electron chi connectivity index (χ3n) is 2.31. The predicted octanol–water partition coefficient (Wildman–Crippen LogP) is 0.485. The lowest BCUT2D eigenvalue weighted by molar-refractivity contribution is -0.172. The van der Waals surface area contributed by atoms with E-state index >= 15 is 0 Å². The van der Waals surface area contributed by atoms with Gasteiger partial charge in [-0.15, -0.1) is 0 Å². The van der Waals surface area contributed by atoms with Crippen molar-refractivity contribution >= 4 is 12.1 Å². The van der Waals surface area contributed by atoms with E-state index in [9.17, 15) is 9.59 Å². The van der Waals surface area contributed by atoms with Crippen molar-refractivity contribution in [3.8, 4) is 0 Å². The molecule has 0 aromatic rings. The number of rotatable bonds is 3. The molecule has 1 N–H and O–H groups in total. The molecule has 0 radical (unpaired) electrons. The molecule has 1 atom stereocenters. The van der Waals surface area contributed by atoms with Crippen LogP contribution in [0.2, 0.25) is 0 Å². The minimum absolute atomic E-state index is 0.0156. The summed E-state index contributed by atoms with van der Waals surface area (Å²) in [5.74, 6) is -1.09. The topological polar surface area (TPSA) is 76.1 Å². The van der Waals surface area contributed by atoms with Crippen LogP contribution in [0.3, 0.4) is 0 Å². The molecule has 0 bridgehead atoms. The molecule has 0 saturated carbocycles. The first-order valence-electron chi connectivity index (χ1n) is 4.89. The lowest BCUT2D eigenvalue weighted by Gasteiger charge is -2.36. The maximum atomic E-state index is 11.5. The van der Waals surface area contributed by atoms with Crippen molar-refractivity contribution in [1.29, 1.82) is 0 Å².